The van der Waals surface area contributed by atoms with Gasteiger partial charge in [-0.2, -0.15) is 18.3 Å². The van der Waals surface area contributed by atoms with Crippen LogP contribution in [0.5, 0.6) is 0 Å². The fourth-order valence-electron chi connectivity index (χ4n) is 4.58. The zero-order chi connectivity index (χ0) is 30.0. The Labute approximate surface area is 240 Å². The summed E-state index contributed by atoms with van der Waals surface area (Å²) >= 11 is 0. The zero-order valence-corrected chi connectivity index (χ0v) is 23.1. The average molecular weight is 598 g/mol. The molecule has 1 aliphatic rings. The van der Waals surface area contributed by atoms with E-state index in [1.165, 1.54) is 12.1 Å². The Balaban J connectivity index is 1.48. The highest BCUT2D eigenvalue weighted by Gasteiger charge is 2.31. The third-order valence-corrected chi connectivity index (χ3v) is 7.78. The van der Waals surface area contributed by atoms with Gasteiger partial charge in [-0.15, -0.1) is 0 Å². The molecule has 42 heavy (non-hydrogen) atoms. The van der Waals surface area contributed by atoms with Crippen LogP contribution in [0, 0.1) is 0 Å². The number of nitrogens with two attached hydrogens (primary N) is 1. The summed E-state index contributed by atoms with van der Waals surface area (Å²) in [6, 6.07) is 7.75. The topological polar surface area (TPSA) is 145 Å². The third-order valence-electron chi connectivity index (χ3n) is 6.63. The summed E-state index contributed by atoms with van der Waals surface area (Å²) in [5.41, 5.74) is 8.18. The fourth-order valence-corrected chi connectivity index (χ4v) is 5.39. The number of benzene rings is 1. The first-order valence-corrected chi connectivity index (χ1v) is 14.4. The summed E-state index contributed by atoms with van der Waals surface area (Å²) in [5.74, 6) is -0.784. The zero-order valence-electron chi connectivity index (χ0n) is 22.3. The van der Waals surface area contributed by atoms with Gasteiger partial charge >= 0.3 is 6.18 Å². The maximum absolute atomic E-state index is 13.0. The van der Waals surface area contributed by atoms with Crippen LogP contribution in [0.3, 0.4) is 0 Å². The summed E-state index contributed by atoms with van der Waals surface area (Å²) in [6.45, 7) is 2.30. The van der Waals surface area contributed by atoms with Crippen molar-refractivity contribution in [3.05, 3.63) is 71.6 Å². The molecule has 218 valence electrons. The summed E-state index contributed by atoms with van der Waals surface area (Å²) in [4.78, 5) is 33.1. The summed E-state index contributed by atoms with van der Waals surface area (Å²) in [5, 5.41) is 10.7. The van der Waals surface area contributed by atoms with Crippen LogP contribution in [0.2, 0.25) is 0 Å². The summed E-state index contributed by atoms with van der Waals surface area (Å²) in [6.07, 6.45) is 2.07. The smallest absolute Gasteiger partial charge is 0.383 e. The van der Waals surface area contributed by atoms with E-state index in [1.54, 1.807) is 35.2 Å². The Morgan fingerprint density at radius 1 is 1.19 bits per heavy atom. The van der Waals surface area contributed by atoms with Crippen molar-refractivity contribution in [1.82, 2.24) is 25.1 Å². The number of hydrogen-bond donors (Lipinski definition) is 3. The number of carbonyl (C=O) groups excluding carboxylic acids is 2. The minimum Gasteiger partial charge on any atom is -0.383 e. The van der Waals surface area contributed by atoms with E-state index in [0.29, 0.717) is 35.2 Å². The van der Waals surface area contributed by atoms with Crippen LogP contribution in [0.15, 0.2) is 54.9 Å². The number of amides is 2. The van der Waals surface area contributed by atoms with Crippen molar-refractivity contribution in [3.63, 3.8) is 0 Å². The second-order valence-electron chi connectivity index (χ2n) is 9.76. The average Bonchev–Trinajstić information content (AvgIpc) is 3.33. The second-order valence-corrected chi connectivity index (χ2v) is 11.3. The van der Waals surface area contributed by atoms with Crippen LogP contribution in [-0.2, 0) is 28.3 Å². The van der Waals surface area contributed by atoms with Gasteiger partial charge in [-0.25, -0.2) is 9.97 Å². The maximum Gasteiger partial charge on any atom is 0.416 e. The van der Waals surface area contributed by atoms with Gasteiger partial charge in [-0.3, -0.25) is 18.5 Å². The summed E-state index contributed by atoms with van der Waals surface area (Å²) in [7, 11) is -1.37. The molecule has 0 aliphatic carbocycles. The molecule has 0 saturated heterocycles. The van der Waals surface area contributed by atoms with E-state index in [-0.39, 0.29) is 40.7 Å². The number of anilines is 2. The molecule has 4 aromatic rings. The third kappa shape index (κ3) is 6.33. The number of halogens is 3. The van der Waals surface area contributed by atoms with Gasteiger partial charge in [-0.1, -0.05) is 24.3 Å². The molecule has 1 unspecified atom stereocenters. The number of nitrogens with one attached hydrogen (secondary N) is 2. The maximum atomic E-state index is 13.0. The predicted octanol–water partition coefficient (Wildman–Crippen LogP) is 4.02. The number of aryl methyl sites for hydroxylation is 1. The van der Waals surface area contributed by atoms with Crippen LogP contribution in [0.25, 0.3) is 28.2 Å². The number of nitrogens with zero attached hydrogens (tertiary/aromatic N) is 4. The van der Waals surface area contributed by atoms with Crippen molar-refractivity contribution in [2.75, 3.05) is 22.6 Å². The Morgan fingerprint density at radius 2 is 1.95 bits per heavy atom. The van der Waals surface area contributed by atoms with Gasteiger partial charge in [0.1, 0.15) is 23.1 Å². The van der Waals surface area contributed by atoms with Crippen molar-refractivity contribution in [3.8, 4) is 11.3 Å². The van der Waals surface area contributed by atoms with Crippen LogP contribution < -0.4 is 16.4 Å². The Morgan fingerprint density at radius 3 is 2.69 bits per heavy atom. The van der Waals surface area contributed by atoms with Gasteiger partial charge in [0.2, 0.25) is 5.91 Å². The monoisotopic (exact) mass is 597 g/mol. The molecule has 1 aliphatic heterocycles. The number of hydrogen-bond acceptors (Lipinski definition) is 7. The molecular weight excluding hydrogens is 571 g/mol. The van der Waals surface area contributed by atoms with E-state index in [0.717, 1.165) is 23.8 Å². The molecule has 14 heteroatoms. The van der Waals surface area contributed by atoms with Crippen molar-refractivity contribution in [1.29, 1.82) is 0 Å². The Hall–Kier alpha value is -4.59. The number of alkyl halides is 3. The predicted molar refractivity (Wildman–Crippen MR) is 154 cm³/mol. The second kappa shape index (κ2) is 11.7. The lowest BCUT2D eigenvalue weighted by atomic mass is 10.0. The lowest BCUT2D eigenvalue weighted by Gasteiger charge is -2.14. The highest BCUT2D eigenvalue weighted by atomic mass is 32.2. The molecule has 4 heterocycles. The molecular formula is C28H26F3N7O3S. The van der Waals surface area contributed by atoms with E-state index in [2.05, 4.69) is 20.6 Å². The highest BCUT2D eigenvalue weighted by molar-refractivity contribution is 7.85. The highest BCUT2D eigenvalue weighted by Crippen LogP contribution is 2.34. The molecule has 1 aromatic carbocycles. The molecule has 3 aromatic heterocycles. The number of nitrogen functional groups attached to an aromatic ring is 1. The van der Waals surface area contributed by atoms with Crippen molar-refractivity contribution < 1.29 is 27.0 Å². The quantitative estimate of drug-likeness (QED) is 0.324. The van der Waals surface area contributed by atoms with Crippen LogP contribution in [-0.4, -0.2) is 53.3 Å². The van der Waals surface area contributed by atoms with Gasteiger partial charge in [-0.05, 0) is 37.6 Å². The van der Waals surface area contributed by atoms with Gasteiger partial charge in [0.25, 0.3) is 5.91 Å². The standard InChI is InChI=1S/C28H26F3N7O3S/c1-16-9-11-38-25-19(3-2-12-42(41)15-22(39)35-16)14-34-26(32)23(25)24(37-38)17-4-6-18(7-5-17)27(40)36-21-13-20(8-10-33-21)28(29,30)31/h2-8,10,13-14,16H,9,11-12,15H2,1H3,(H2,32,34)(H,35,39)(H,33,36,40)/b3-2+/t16-,42?/m1/s1. The number of pyridine rings is 2. The molecule has 0 fully saturated rings. The van der Waals surface area contributed by atoms with Crippen LogP contribution in [0.4, 0.5) is 24.8 Å². The first-order valence-electron chi connectivity index (χ1n) is 12.9. The lowest BCUT2D eigenvalue weighted by Crippen LogP contribution is -2.36. The minimum atomic E-state index is -4.57. The van der Waals surface area contributed by atoms with Gasteiger partial charge < -0.3 is 16.4 Å². The molecule has 0 spiro atoms. The molecule has 0 saturated carbocycles. The van der Waals surface area contributed by atoms with Crippen LogP contribution >= 0.6 is 0 Å². The Kier molecular flexibility index (Phi) is 8.07. The first kappa shape index (κ1) is 28.9. The fraction of sp³-hybridized carbons (Fsp3) is 0.250. The summed E-state index contributed by atoms with van der Waals surface area (Å²) < 4.78 is 53.2. The van der Waals surface area contributed by atoms with Gasteiger partial charge in [0.05, 0.1) is 16.5 Å². The van der Waals surface area contributed by atoms with E-state index in [4.69, 9.17) is 10.8 Å². The number of aromatic nitrogens is 4. The van der Waals surface area contributed by atoms with Gasteiger partial charge in [0, 0.05) is 58.2 Å². The molecule has 4 N–H and O–H groups in total. The largest absolute Gasteiger partial charge is 0.416 e. The van der Waals surface area contributed by atoms with E-state index < -0.39 is 28.4 Å². The number of rotatable bonds is 3. The van der Waals surface area contributed by atoms with Gasteiger partial charge in [0.15, 0.2) is 0 Å². The van der Waals surface area contributed by atoms with Crippen molar-refractivity contribution in [2.45, 2.75) is 32.1 Å². The molecule has 10 nitrogen and oxygen atoms in total. The van der Waals surface area contributed by atoms with Crippen molar-refractivity contribution in [2.24, 2.45) is 0 Å². The van der Waals surface area contributed by atoms with Crippen molar-refractivity contribution >= 4 is 51.2 Å². The van der Waals surface area contributed by atoms with Crippen LogP contribution in [0.1, 0.15) is 34.8 Å². The lowest BCUT2D eigenvalue weighted by molar-refractivity contribution is -0.137. The Bertz CT molecular complexity index is 1720. The normalized spacial score (nSPS) is 18.8. The molecule has 2 amide bonds. The van der Waals surface area contributed by atoms with E-state index >= 15 is 0 Å². The molecule has 0 radical (unpaired) electrons. The number of carbonyl (C=O) groups is 2. The SMILES string of the molecule is C[C@@H]1CCn2nc(-c3ccc(C(=O)Nc4cc(C(F)(F)F)ccn4)cc3)c3c(N)ncc(c32)/C=C/CS(=O)CC(=O)N1. The molecule has 5 rings (SSSR count). The first-order chi connectivity index (χ1) is 20.0. The van der Waals surface area contributed by atoms with E-state index in [9.17, 15) is 27.0 Å². The molecule has 2 atom stereocenters. The minimum absolute atomic E-state index is 0.0801. The van der Waals surface area contributed by atoms with E-state index in [1.807, 2.05) is 6.92 Å². The molecule has 0 bridgehead atoms.